The normalized spacial score (nSPS) is 10.4. The molecule has 3 rings (SSSR count). The number of carbonyl (C=O) groups excluding carboxylic acids is 1. The van der Waals surface area contributed by atoms with Crippen LogP contribution in [0, 0.1) is 0 Å². The van der Waals surface area contributed by atoms with Gasteiger partial charge >= 0.3 is 0 Å². The summed E-state index contributed by atoms with van der Waals surface area (Å²) in [6.45, 7) is 0. The summed E-state index contributed by atoms with van der Waals surface area (Å²) in [5.74, 6) is -0.0634. The maximum Gasteiger partial charge on any atom is 0.256 e. The monoisotopic (exact) mass is 253 g/mol. The van der Waals surface area contributed by atoms with E-state index in [0.717, 1.165) is 11.1 Å². The first-order valence-corrected chi connectivity index (χ1v) is 6.59. The van der Waals surface area contributed by atoms with Gasteiger partial charge in [0.15, 0.2) is 0 Å². The first-order valence-electron chi connectivity index (χ1n) is 5.65. The van der Waals surface area contributed by atoms with Gasteiger partial charge in [-0.15, -0.1) is 0 Å². The van der Waals surface area contributed by atoms with E-state index in [0.29, 0.717) is 5.56 Å². The molecule has 3 heteroatoms. The van der Waals surface area contributed by atoms with Crippen molar-refractivity contribution in [2.45, 2.75) is 0 Å². The zero-order valence-electron chi connectivity index (χ0n) is 9.59. The Morgan fingerprint density at radius 3 is 2.61 bits per heavy atom. The summed E-state index contributed by atoms with van der Waals surface area (Å²) in [4.78, 5) is 11.9. The average molecular weight is 253 g/mol. The van der Waals surface area contributed by atoms with Crippen LogP contribution in [-0.4, -0.2) is 5.91 Å². The predicted octanol–water partition coefficient (Wildman–Crippen LogP) is 4.15. The Morgan fingerprint density at radius 2 is 1.83 bits per heavy atom. The van der Waals surface area contributed by atoms with Gasteiger partial charge in [0.2, 0.25) is 0 Å². The highest BCUT2D eigenvalue weighted by molar-refractivity contribution is 7.08. The first kappa shape index (κ1) is 11.0. The van der Waals surface area contributed by atoms with Crippen LogP contribution in [0.5, 0.6) is 0 Å². The molecule has 88 valence electrons. The van der Waals surface area contributed by atoms with Crippen molar-refractivity contribution in [3.63, 3.8) is 0 Å². The number of fused-ring (bicyclic) bond motifs is 1. The quantitative estimate of drug-likeness (QED) is 0.730. The maximum absolute atomic E-state index is 11.9. The zero-order valence-corrected chi connectivity index (χ0v) is 10.4. The third-order valence-electron chi connectivity index (χ3n) is 2.79. The van der Waals surface area contributed by atoms with Crippen molar-refractivity contribution in [2.24, 2.45) is 0 Å². The zero-order chi connectivity index (χ0) is 12.4. The largest absolute Gasteiger partial charge is 0.322 e. The second kappa shape index (κ2) is 4.63. The molecular formula is C15H11NOS. The number of nitrogens with one attached hydrogen (secondary N) is 1. The molecule has 1 amide bonds. The fraction of sp³-hybridized carbons (Fsp3) is 0. The second-order valence-corrected chi connectivity index (χ2v) is 4.81. The third-order valence-corrected chi connectivity index (χ3v) is 3.47. The molecule has 1 aromatic heterocycles. The molecular weight excluding hydrogens is 242 g/mol. The standard InChI is InChI=1S/C15H11NOS/c17-15(13-7-8-18-10-13)16-14-6-5-11-3-1-2-4-12(11)9-14/h1-10H,(H,16,17). The summed E-state index contributed by atoms with van der Waals surface area (Å²) in [6, 6.07) is 15.8. The van der Waals surface area contributed by atoms with Crippen molar-refractivity contribution in [2.75, 3.05) is 5.32 Å². The Balaban J connectivity index is 1.89. The highest BCUT2D eigenvalue weighted by Crippen LogP contribution is 2.19. The van der Waals surface area contributed by atoms with Gasteiger partial charge in [-0.2, -0.15) is 11.3 Å². The molecule has 0 saturated carbocycles. The number of thiophene rings is 1. The van der Waals surface area contributed by atoms with Crippen LogP contribution < -0.4 is 5.32 Å². The molecule has 1 heterocycles. The molecule has 0 aliphatic carbocycles. The molecule has 1 N–H and O–H groups in total. The van der Waals surface area contributed by atoms with E-state index in [2.05, 4.69) is 11.4 Å². The summed E-state index contributed by atoms with van der Waals surface area (Å²) >= 11 is 1.52. The number of amides is 1. The number of carbonyl (C=O) groups is 1. The smallest absolute Gasteiger partial charge is 0.256 e. The van der Waals surface area contributed by atoms with Crippen LogP contribution >= 0.6 is 11.3 Å². The SMILES string of the molecule is O=C(Nc1ccc2ccccc2c1)c1ccsc1. The van der Waals surface area contributed by atoms with E-state index in [1.54, 1.807) is 0 Å². The topological polar surface area (TPSA) is 29.1 Å². The Morgan fingerprint density at radius 1 is 1.00 bits per heavy atom. The molecule has 18 heavy (non-hydrogen) atoms. The van der Waals surface area contributed by atoms with Gasteiger partial charge in [-0.3, -0.25) is 4.79 Å². The average Bonchev–Trinajstić information content (AvgIpc) is 2.92. The van der Waals surface area contributed by atoms with Crippen molar-refractivity contribution in [3.8, 4) is 0 Å². The van der Waals surface area contributed by atoms with E-state index in [-0.39, 0.29) is 5.91 Å². The second-order valence-electron chi connectivity index (χ2n) is 4.03. The van der Waals surface area contributed by atoms with E-state index >= 15 is 0 Å². The number of benzene rings is 2. The van der Waals surface area contributed by atoms with Gasteiger partial charge in [-0.05, 0) is 34.4 Å². The highest BCUT2D eigenvalue weighted by atomic mass is 32.1. The van der Waals surface area contributed by atoms with E-state index in [4.69, 9.17) is 0 Å². The van der Waals surface area contributed by atoms with Crippen LogP contribution in [0.25, 0.3) is 10.8 Å². The van der Waals surface area contributed by atoms with Gasteiger partial charge in [0, 0.05) is 11.1 Å². The maximum atomic E-state index is 11.9. The molecule has 0 spiro atoms. The van der Waals surface area contributed by atoms with E-state index in [9.17, 15) is 4.79 Å². The van der Waals surface area contributed by atoms with Crippen molar-refractivity contribution < 1.29 is 4.79 Å². The first-order chi connectivity index (χ1) is 8.83. The minimum atomic E-state index is -0.0634. The minimum absolute atomic E-state index is 0.0634. The third kappa shape index (κ3) is 2.13. The molecule has 0 bridgehead atoms. The fourth-order valence-corrected chi connectivity index (χ4v) is 2.50. The molecule has 0 aliphatic heterocycles. The van der Waals surface area contributed by atoms with Crippen LogP contribution in [0.2, 0.25) is 0 Å². The van der Waals surface area contributed by atoms with Crippen LogP contribution in [0.1, 0.15) is 10.4 Å². The highest BCUT2D eigenvalue weighted by Gasteiger charge is 2.06. The van der Waals surface area contributed by atoms with Crippen LogP contribution in [0.4, 0.5) is 5.69 Å². The molecule has 3 aromatic rings. The molecule has 0 saturated heterocycles. The van der Waals surface area contributed by atoms with Gasteiger partial charge in [0.1, 0.15) is 0 Å². The number of hydrogen-bond acceptors (Lipinski definition) is 2. The summed E-state index contributed by atoms with van der Waals surface area (Å²) < 4.78 is 0. The Bertz CT molecular complexity index is 689. The summed E-state index contributed by atoms with van der Waals surface area (Å²) in [5.41, 5.74) is 1.53. The lowest BCUT2D eigenvalue weighted by Crippen LogP contribution is -2.10. The molecule has 0 aliphatic rings. The lowest BCUT2D eigenvalue weighted by atomic mass is 10.1. The van der Waals surface area contributed by atoms with E-state index in [1.165, 1.54) is 16.7 Å². The van der Waals surface area contributed by atoms with Crippen molar-refractivity contribution in [3.05, 3.63) is 64.9 Å². The molecule has 0 fully saturated rings. The molecule has 2 aromatic carbocycles. The van der Waals surface area contributed by atoms with Gasteiger partial charge in [-0.25, -0.2) is 0 Å². The van der Waals surface area contributed by atoms with Crippen LogP contribution in [0.3, 0.4) is 0 Å². The number of anilines is 1. The number of hydrogen-bond donors (Lipinski definition) is 1. The lowest BCUT2D eigenvalue weighted by molar-refractivity contribution is 0.102. The Kier molecular flexibility index (Phi) is 2.82. The Hall–Kier alpha value is -2.13. The fourth-order valence-electron chi connectivity index (χ4n) is 1.86. The molecule has 0 atom stereocenters. The lowest BCUT2D eigenvalue weighted by Gasteiger charge is -2.05. The van der Waals surface area contributed by atoms with E-state index < -0.39 is 0 Å². The van der Waals surface area contributed by atoms with Crippen molar-refractivity contribution >= 4 is 33.7 Å². The predicted molar refractivity (Wildman–Crippen MR) is 76.2 cm³/mol. The van der Waals surface area contributed by atoms with Crippen LogP contribution in [-0.2, 0) is 0 Å². The van der Waals surface area contributed by atoms with E-state index in [1.807, 2.05) is 53.2 Å². The van der Waals surface area contributed by atoms with Crippen LogP contribution in [0.15, 0.2) is 59.3 Å². The van der Waals surface area contributed by atoms with Crippen molar-refractivity contribution in [1.82, 2.24) is 0 Å². The van der Waals surface area contributed by atoms with Gasteiger partial charge in [0.25, 0.3) is 5.91 Å². The van der Waals surface area contributed by atoms with Crippen molar-refractivity contribution in [1.29, 1.82) is 0 Å². The van der Waals surface area contributed by atoms with Gasteiger partial charge in [-0.1, -0.05) is 30.3 Å². The molecule has 2 nitrogen and oxygen atoms in total. The Labute approximate surface area is 109 Å². The molecule has 0 radical (unpaired) electrons. The summed E-state index contributed by atoms with van der Waals surface area (Å²) in [5, 5.41) is 8.94. The summed E-state index contributed by atoms with van der Waals surface area (Å²) in [7, 11) is 0. The van der Waals surface area contributed by atoms with Gasteiger partial charge in [0.05, 0.1) is 5.56 Å². The van der Waals surface area contributed by atoms with Gasteiger partial charge < -0.3 is 5.32 Å². The summed E-state index contributed by atoms with van der Waals surface area (Å²) in [6.07, 6.45) is 0. The number of rotatable bonds is 2. The minimum Gasteiger partial charge on any atom is -0.322 e. The molecule has 0 unspecified atom stereocenters.